The van der Waals surface area contributed by atoms with E-state index >= 15 is 0 Å². The van der Waals surface area contributed by atoms with Gasteiger partial charge in [0, 0.05) is 25.2 Å². The topological polar surface area (TPSA) is 28.2 Å². The van der Waals surface area contributed by atoms with Crippen LogP contribution in [0.15, 0.2) is 29.6 Å². The van der Waals surface area contributed by atoms with Crippen molar-refractivity contribution in [2.75, 3.05) is 25.5 Å². The Hall–Kier alpha value is -1.39. The number of anilines is 1. The smallest absolute Gasteiger partial charge is 0.114 e. The van der Waals surface area contributed by atoms with Gasteiger partial charge in [0.1, 0.15) is 5.01 Å². The van der Waals surface area contributed by atoms with E-state index in [1.54, 1.807) is 11.3 Å². The molecule has 114 valence electrons. The largest absolute Gasteiger partial charge is 0.378 e. The SMILES string of the molecule is CCNC(c1ccc(N(C)C)cc1)c1nc(C(C)C)cs1. The molecule has 1 heterocycles. The van der Waals surface area contributed by atoms with Crippen molar-refractivity contribution in [3.8, 4) is 0 Å². The summed E-state index contributed by atoms with van der Waals surface area (Å²) < 4.78 is 0. The zero-order chi connectivity index (χ0) is 15.4. The molecule has 0 aliphatic carbocycles. The number of rotatable bonds is 6. The summed E-state index contributed by atoms with van der Waals surface area (Å²) in [6.45, 7) is 7.44. The summed E-state index contributed by atoms with van der Waals surface area (Å²) in [4.78, 5) is 6.93. The zero-order valence-corrected chi connectivity index (χ0v) is 14.4. The molecule has 0 bridgehead atoms. The maximum Gasteiger partial charge on any atom is 0.114 e. The second-order valence-electron chi connectivity index (χ2n) is 5.74. The molecule has 3 nitrogen and oxygen atoms in total. The van der Waals surface area contributed by atoms with E-state index < -0.39 is 0 Å². The predicted octanol–water partition coefficient (Wildman–Crippen LogP) is 4.03. The second-order valence-corrected chi connectivity index (χ2v) is 6.63. The van der Waals surface area contributed by atoms with Gasteiger partial charge in [0.05, 0.1) is 11.7 Å². The fraction of sp³-hybridized carbons (Fsp3) is 0.471. The third kappa shape index (κ3) is 3.83. The fourth-order valence-electron chi connectivity index (χ4n) is 2.22. The average molecular weight is 303 g/mol. The monoisotopic (exact) mass is 303 g/mol. The van der Waals surface area contributed by atoms with E-state index in [2.05, 4.69) is 74.7 Å². The minimum atomic E-state index is 0.184. The third-order valence-electron chi connectivity index (χ3n) is 3.53. The lowest BCUT2D eigenvalue weighted by Crippen LogP contribution is -2.22. The summed E-state index contributed by atoms with van der Waals surface area (Å²) in [5.41, 5.74) is 3.67. The van der Waals surface area contributed by atoms with E-state index in [0.717, 1.165) is 11.6 Å². The van der Waals surface area contributed by atoms with Gasteiger partial charge in [-0.25, -0.2) is 4.98 Å². The molecule has 0 radical (unpaired) electrons. The van der Waals surface area contributed by atoms with Crippen molar-refractivity contribution in [3.63, 3.8) is 0 Å². The van der Waals surface area contributed by atoms with Gasteiger partial charge in [0.2, 0.25) is 0 Å². The van der Waals surface area contributed by atoms with Crippen LogP contribution in [0.2, 0.25) is 0 Å². The standard InChI is InChI=1S/C17H25N3S/c1-6-18-16(17-19-15(11-21-17)12(2)3)13-7-9-14(10-8-13)20(4)5/h7-12,16,18H,6H2,1-5H3. The van der Waals surface area contributed by atoms with Gasteiger partial charge in [-0.3, -0.25) is 0 Å². The third-order valence-corrected chi connectivity index (χ3v) is 4.46. The molecule has 1 atom stereocenters. The highest BCUT2D eigenvalue weighted by Gasteiger charge is 2.17. The van der Waals surface area contributed by atoms with E-state index in [4.69, 9.17) is 4.98 Å². The highest BCUT2D eigenvalue weighted by atomic mass is 32.1. The molecule has 2 rings (SSSR count). The molecule has 0 amide bonds. The predicted molar refractivity (Wildman–Crippen MR) is 92.5 cm³/mol. The quantitative estimate of drug-likeness (QED) is 0.873. The van der Waals surface area contributed by atoms with E-state index in [0.29, 0.717) is 5.92 Å². The lowest BCUT2D eigenvalue weighted by Gasteiger charge is -2.18. The summed E-state index contributed by atoms with van der Waals surface area (Å²) in [7, 11) is 4.12. The molecule has 0 aliphatic heterocycles. The van der Waals surface area contributed by atoms with Gasteiger partial charge in [0.15, 0.2) is 0 Å². The minimum absolute atomic E-state index is 0.184. The average Bonchev–Trinajstić information content (AvgIpc) is 2.94. The Labute approximate surface area is 132 Å². The normalized spacial score (nSPS) is 12.7. The number of hydrogen-bond acceptors (Lipinski definition) is 4. The van der Waals surface area contributed by atoms with Crippen LogP contribution in [0.3, 0.4) is 0 Å². The Kier molecular flexibility index (Phi) is 5.37. The Morgan fingerprint density at radius 2 is 1.86 bits per heavy atom. The Balaban J connectivity index is 2.28. The summed E-state index contributed by atoms with van der Waals surface area (Å²) in [5, 5.41) is 6.88. The zero-order valence-electron chi connectivity index (χ0n) is 13.6. The van der Waals surface area contributed by atoms with E-state index in [-0.39, 0.29) is 6.04 Å². The number of benzene rings is 1. The first-order valence-electron chi connectivity index (χ1n) is 7.49. The number of thiazole rings is 1. The number of nitrogens with one attached hydrogen (secondary N) is 1. The molecule has 0 spiro atoms. The fourth-order valence-corrected chi connectivity index (χ4v) is 3.30. The first-order chi connectivity index (χ1) is 10.0. The Morgan fingerprint density at radius 1 is 1.19 bits per heavy atom. The molecule has 0 fully saturated rings. The first kappa shape index (κ1) is 16.0. The summed E-state index contributed by atoms with van der Waals surface area (Å²) in [5.74, 6) is 0.480. The first-order valence-corrected chi connectivity index (χ1v) is 8.36. The Bertz CT molecular complexity index is 558. The van der Waals surface area contributed by atoms with Gasteiger partial charge in [-0.15, -0.1) is 11.3 Å². The molecule has 1 N–H and O–H groups in total. The van der Waals surface area contributed by atoms with Crippen LogP contribution in [0.5, 0.6) is 0 Å². The molecule has 21 heavy (non-hydrogen) atoms. The van der Waals surface area contributed by atoms with Gasteiger partial charge in [-0.1, -0.05) is 32.9 Å². The highest BCUT2D eigenvalue weighted by molar-refractivity contribution is 7.09. The van der Waals surface area contributed by atoms with Crippen molar-refractivity contribution < 1.29 is 0 Å². The molecule has 0 saturated carbocycles. The molecule has 4 heteroatoms. The molecule has 2 aromatic rings. The van der Waals surface area contributed by atoms with Crippen LogP contribution in [0.1, 0.15) is 49.0 Å². The molecule has 0 aliphatic rings. The summed E-state index contributed by atoms with van der Waals surface area (Å²) >= 11 is 1.75. The molecule has 0 saturated heterocycles. The van der Waals surface area contributed by atoms with E-state index in [9.17, 15) is 0 Å². The van der Waals surface area contributed by atoms with Crippen molar-refractivity contribution in [1.82, 2.24) is 10.3 Å². The van der Waals surface area contributed by atoms with Crippen molar-refractivity contribution >= 4 is 17.0 Å². The van der Waals surface area contributed by atoms with Gasteiger partial charge >= 0.3 is 0 Å². The lowest BCUT2D eigenvalue weighted by atomic mass is 10.1. The van der Waals surface area contributed by atoms with Gasteiger partial charge in [-0.05, 0) is 30.2 Å². The molecule has 1 aromatic carbocycles. The number of nitrogens with zero attached hydrogens (tertiary/aromatic N) is 2. The van der Waals surface area contributed by atoms with Gasteiger partial charge in [0.25, 0.3) is 0 Å². The highest BCUT2D eigenvalue weighted by Crippen LogP contribution is 2.28. The van der Waals surface area contributed by atoms with Crippen LogP contribution in [0.4, 0.5) is 5.69 Å². The Morgan fingerprint density at radius 3 is 2.33 bits per heavy atom. The molecule has 1 aromatic heterocycles. The van der Waals surface area contributed by atoms with E-state index in [1.807, 2.05) is 0 Å². The van der Waals surface area contributed by atoms with Crippen molar-refractivity contribution in [2.24, 2.45) is 0 Å². The maximum absolute atomic E-state index is 4.81. The summed E-state index contributed by atoms with van der Waals surface area (Å²) in [6.07, 6.45) is 0. The van der Waals surface area contributed by atoms with Crippen LogP contribution < -0.4 is 10.2 Å². The van der Waals surface area contributed by atoms with Crippen LogP contribution in [0.25, 0.3) is 0 Å². The maximum atomic E-state index is 4.81. The van der Waals surface area contributed by atoms with Crippen molar-refractivity contribution in [3.05, 3.63) is 45.9 Å². The van der Waals surface area contributed by atoms with Crippen molar-refractivity contribution in [2.45, 2.75) is 32.7 Å². The minimum Gasteiger partial charge on any atom is -0.378 e. The van der Waals surface area contributed by atoms with Crippen LogP contribution in [0, 0.1) is 0 Å². The second kappa shape index (κ2) is 7.05. The number of hydrogen-bond donors (Lipinski definition) is 1. The number of aromatic nitrogens is 1. The van der Waals surface area contributed by atoms with Crippen LogP contribution in [-0.4, -0.2) is 25.6 Å². The van der Waals surface area contributed by atoms with Crippen LogP contribution >= 0.6 is 11.3 Å². The molecular weight excluding hydrogens is 278 g/mol. The van der Waals surface area contributed by atoms with E-state index in [1.165, 1.54) is 16.9 Å². The van der Waals surface area contributed by atoms with Crippen LogP contribution in [-0.2, 0) is 0 Å². The summed E-state index contributed by atoms with van der Waals surface area (Å²) in [6, 6.07) is 8.90. The van der Waals surface area contributed by atoms with Crippen molar-refractivity contribution in [1.29, 1.82) is 0 Å². The van der Waals surface area contributed by atoms with Gasteiger partial charge < -0.3 is 10.2 Å². The lowest BCUT2D eigenvalue weighted by molar-refractivity contribution is 0.623. The van der Waals surface area contributed by atoms with Gasteiger partial charge in [-0.2, -0.15) is 0 Å². The molecular formula is C17H25N3S. The molecule has 1 unspecified atom stereocenters.